The maximum absolute atomic E-state index is 4.27. The Bertz CT molecular complexity index is 584. The highest BCUT2D eigenvalue weighted by molar-refractivity contribution is 5.80. The average molecular weight is 293 g/mol. The third-order valence-corrected chi connectivity index (χ3v) is 4.02. The number of anilines is 1. The van der Waals surface area contributed by atoms with Crippen LogP contribution < -0.4 is 5.43 Å². The fourth-order valence-electron chi connectivity index (χ4n) is 2.78. The molecule has 1 fully saturated rings. The molecule has 1 saturated heterocycles. The van der Waals surface area contributed by atoms with E-state index < -0.39 is 0 Å². The second-order valence-corrected chi connectivity index (χ2v) is 5.81. The lowest BCUT2D eigenvalue weighted by Crippen LogP contribution is -2.29. The van der Waals surface area contributed by atoms with Gasteiger partial charge in [-0.25, -0.2) is 0 Å². The standard InChI is InChI=1S/C19H23N3/c1-3-7-19(8-4-1)21-20-15-17-9-11-18(12-10-17)16-22-13-5-2-6-14-22/h1,3-4,7-12,15,21H,2,5-6,13-14,16H2. The summed E-state index contributed by atoms with van der Waals surface area (Å²) in [6.07, 6.45) is 5.93. The highest BCUT2D eigenvalue weighted by Crippen LogP contribution is 2.13. The van der Waals surface area contributed by atoms with Crippen LogP contribution in [0.15, 0.2) is 59.7 Å². The van der Waals surface area contributed by atoms with E-state index in [-0.39, 0.29) is 0 Å². The van der Waals surface area contributed by atoms with Crippen LogP contribution in [-0.2, 0) is 6.54 Å². The largest absolute Gasteiger partial charge is 0.299 e. The second-order valence-electron chi connectivity index (χ2n) is 5.81. The van der Waals surface area contributed by atoms with E-state index in [4.69, 9.17) is 0 Å². The summed E-state index contributed by atoms with van der Waals surface area (Å²) < 4.78 is 0. The topological polar surface area (TPSA) is 27.6 Å². The summed E-state index contributed by atoms with van der Waals surface area (Å²) in [6, 6.07) is 18.7. The lowest BCUT2D eigenvalue weighted by molar-refractivity contribution is 0.221. The third-order valence-electron chi connectivity index (χ3n) is 4.02. The molecule has 2 aromatic carbocycles. The molecule has 0 atom stereocenters. The molecule has 2 aromatic rings. The van der Waals surface area contributed by atoms with Gasteiger partial charge in [0.1, 0.15) is 0 Å². The lowest BCUT2D eigenvalue weighted by Gasteiger charge is -2.26. The molecule has 1 aliphatic heterocycles. The minimum atomic E-state index is 1.00. The minimum absolute atomic E-state index is 1.00. The molecule has 0 unspecified atom stereocenters. The zero-order valence-electron chi connectivity index (χ0n) is 12.9. The van der Waals surface area contributed by atoms with Crippen LogP contribution in [0.1, 0.15) is 30.4 Å². The van der Waals surface area contributed by atoms with Crippen molar-refractivity contribution in [1.29, 1.82) is 0 Å². The van der Waals surface area contributed by atoms with Crippen molar-refractivity contribution in [3.8, 4) is 0 Å². The van der Waals surface area contributed by atoms with Gasteiger partial charge in [0.2, 0.25) is 0 Å². The van der Waals surface area contributed by atoms with Crippen LogP contribution in [0.25, 0.3) is 0 Å². The van der Waals surface area contributed by atoms with Crippen LogP contribution >= 0.6 is 0 Å². The van der Waals surface area contributed by atoms with Gasteiger partial charge in [-0.3, -0.25) is 10.3 Å². The van der Waals surface area contributed by atoms with Gasteiger partial charge in [0, 0.05) is 6.54 Å². The Kier molecular flexibility index (Phi) is 5.22. The SMILES string of the molecule is C(=NNc1ccccc1)c1ccc(CN2CCCCC2)cc1. The van der Waals surface area contributed by atoms with Crippen molar-refractivity contribution >= 4 is 11.9 Å². The first-order valence-corrected chi connectivity index (χ1v) is 8.05. The molecule has 0 spiro atoms. The Labute approximate surface area is 132 Å². The summed E-state index contributed by atoms with van der Waals surface area (Å²) in [6.45, 7) is 3.55. The van der Waals surface area contributed by atoms with Gasteiger partial charge < -0.3 is 0 Å². The minimum Gasteiger partial charge on any atom is -0.299 e. The number of benzene rings is 2. The molecule has 0 radical (unpaired) electrons. The van der Waals surface area contributed by atoms with Crippen molar-refractivity contribution < 1.29 is 0 Å². The normalized spacial score (nSPS) is 16.0. The molecule has 0 amide bonds. The number of nitrogens with one attached hydrogen (secondary N) is 1. The number of nitrogens with zero attached hydrogens (tertiary/aromatic N) is 2. The fourth-order valence-corrected chi connectivity index (χ4v) is 2.78. The first-order chi connectivity index (χ1) is 10.9. The predicted octanol–water partition coefficient (Wildman–Crippen LogP) is 4.12. The van der Waals surface area contributed by atoms with E-state index in [2.05, 4.69) is 39.7 Å². The van der Waals surface area contributed by atoms with Gasteiger partial charge in [0.15, 0.2) is 0 Å². The van der Waals surface area contributed by atoms with Gasteiger partial charge in [-0.1, -0.05) is 48.9 Å². The molecule has 1 heterocycles. The number of piperidine rings is 1. The summed E-state index contributed by atoms with van der Waals surface area (Å²) in [5.41, 5.74) is 6.54. The maximum Gasteiger partial charge on any atom is 0.0561 e. The van der Waals surface area contributed by atoms with Crippen LogP contribution in [0.3, 0.4) is 0 Å². The van der Waals surface area contributed by atoms with Crippen molar-refractivity contribution in [3.63, 3.8) is 0 Å². The first kappa shape index (κ1) is 14.8. The van der Waals surface area contributed by atoms with Crippen LogP contribution in [0, 0.1) is 0 Å². The number of hydrogen-bond acceptors (Lipinski definition) is 3. The lowest BCUT2D eigenvalue weighted by atomic mass is 10.1. The number of para-hydroxylation sites is 1. The fraction of sp³-hybridized carbons (Fsp3) is 0.316. The molecule has 0 aliphatic carbocycles. The Morgan fingerprint density at radius 2 is 1.64 bits per heavy atom. The van der Waals surface area contributed by atoms with Gasteiger partial charge in [-0.2, -0.15) is 5.10 Å². The highest BCUT2D eigenvalue weighted by atomic mass is 15.3. The molecule has 1 N–H and O–H groups in total. The quantitative estimate of drug-likeness (QED) is 0.663. The molecule has 3 heteroatoms. The Balaban J connectivity index is 1.52. The number of hydrogen-bond donors (Lipinski definition) is 1. The van der Waals surface area contributed by atoms with Crippen molar-refractivity contribution in [1.82, 2.24) is 4.90 Å². The summed E-state index contributed by atoms with van der Waals surface area (Å²) >= 11 is 0. The zero-order valence-corrected chi connectivity index (χ0v) is 12.9. The van der Waals surface area contributed by atoms with Gasteiger partial charge in [0.25, 0.3) is 0 Å². The van der Waals surface area contributed by atoms with Gasteiger partial charge >= 0.3 is 0 Å². The third kappa shape index (κ3) is 4.43. The molecule has 22 heavy (non-hydrogen) atoms. The molecular weight excluding hydrogens is 270 g/mol. The van der Waals surface area contributed by atoms with Crippen molar-refractivity contribution in [2.45, 2.75) is 25.8 Å². The van der Waals surface area contributed by atoms with E-state index in [0.717, 1.165) is 17.8 Å². The van der Waals surface area contributed by atoms with Gasteiger partial charge in [0.05, 0.1) is 11.9 Å². The number of rotatable bonds is 5. The Morgan fingerprint density at radius 1 is 0.909 bits per heavy atom. The molecule has 0 saturated carbocycles. The molecule has 114 valence electrons. The molecule has 0 aromatic heterocycles. The predicted molar refractivity (Wildman–Crippen MR) is 93.2 cm³/mol. The Morgan fingerprint density at radius 3 is 2.36 bits per heavy atom. The molecular formula is C19H23N3. The van der Waals surface area contributed by atoms with E-state index >= 15 is 0 Å². The molecule has 3 nitrogen and oxygen atoms in total. The summed E-state index contributed by atoms with van der Waals surface area (Å²) in [5, 5.41) is 4.27. The van der Waals surface area contributed by atoms with Crippen LogP contribution in [-0.4, -0.2) is 24.2 Å². The first-order valence-electron chi connectivity index (χ1n) is 8.05. The molecule has 3 rings (SSSR count). The average Bonchev–Trinajstić information content (AvgIpc) is 2.58. The van der Waals surface area contributed by atoms with E-state index in [1.54, 1.807) is 0 Å². The monoisotopic (exact) mass is 293 g/mol. The summed E-state index contributed by atoms with van der Waals surface area (Å²) in [4.78, 5) is 2.55. The van der Waals surface area contributed by atoms with Crippen LogP contribution in [0.2, 0.25) is 0 Å². The molecule has 0 bridgehead atoms. The number of likely N-dealkylation sites (tertiary alicyclic amines) is 1. The van der Waals surface area contributed by atoms with Gasteiger partial charge in [-0.05, 0) is 49.2 Å². The van der Waals surface area contributed by atoms with E-state index in [1.165, 1.54) is 37.9 Å². The van der Waals surface area contributed by atoms with E-state index in [0.29, 0.717) is 0 Å². The van der Waals surface area contributed by atoms with Crippen molar-refractivity contribution in [2.75, 3.05) is 18.5 Å². The van der Waals surface area contributed by atoms with E-state index in [1.807, 2.05) is 36.5 Å². The maximum atomic E-state index is 4.27. The van der Waals surface area contributed by atoms with Crippen molar-refractivity contribution in [2.24, 2.45) is 5.10 Å². The Hall–Kier alpha value is -2.13. The van der Waals surface area contributed by atoms with Crippen molar-refractivity contribution in [3.05, 3.63) is 65.7 Å². The van der Waals surface area contributed by atoms with E-state index in [9.17, 15) is 0 Å². The second kappa shape index (κ2) is 7.76. The van der Waals surface area contributed by atoms with Crippen LogP contribution in [0.5, 0.6) is 0 Å². The smallest absolute Gasteiger partial charge is 0.0561 e. The van der Waals surface area contributed by atoms with Gasteiger partial charge in [-0.15, -0.1) is 0 Å². The summed E-state index contributed by atoms with van der Waals surface area (Å²) in [7, 11) is 0. The molecule has 1 aliphatic rings. The zero-order chi connectivity index (χ0) is 15.0. The van der Waals surface area contributed by atoms with Crippen LogP contribution in [0.4, 0.5) is 5.69 Å². The highest BCUT2D eigenvalue weighted by Gasteiger charge is 2.09. The number of hydrazone groups is 1. The summed E-state index contributed by atoms with van der Waals surface area (Å²) in [5.74, 6) is 0.